The molecule has 3 aromatic rings. The number of fused-ring (bicyclic) bond motifs is 1. The number of thioether (sulfide) groups is 1. The molecule has 1 aliphatic rings. The molecule has 2 atom stereocenters. The van der Waals surface area contributed by atoms with Crippen LogP contribution in [0.1, 0.15) is 33.0 Å². The predicted octanol–water partition coefficient (Wildman–Crippen LogP) is 2.72. The highest BCUT2D eigenvalue weighted by Crippen LogP contribution is 2.28. The SMILES string of the molecule is CC[C@H](Nc1ncnc2c1nc(-c1cnc(C)nc1)n2CC)C(=O)N1CCSC1C. The maximum absolute atomic E-state index is 13.1. The zero-order chi connectivity index (χ0) is 21.3. The first-order valence-corrected chi connectivity index (χ1v) is 11.3. The summed E-state index contributed by atoms with van der Waals surface area (Å²) in [7, 11) is 0. The first-order chi connectivity index (χ1) is 14.5. The van der Waals surface area contributed by atoms with Gasteiger partial charge in [0.2, 0.25) is 5.91 Å². The number of imidazole rings is 1. The second-order valence-electron chi connectivity index (χ2n) is 7.20. The molecule has 1 N–H and O–H groups in total. The van der Waals surface area contributed by atoms with Crippen LogP contribution < -0.4 is 5.32 Å². The molecule has 30 heavy (non-hydrogen) atoms. The van der Waals surface area contributed by atoms with Crippen LogP contribution in [0.25, 0.3) is 22.6 Å². The number of hydrogen-bond donors (Lipinski definition) is 1. The molecule has 0 aliphatic carbocycles. The van der Waals surface area contributed by atoms with Crippen molar-refractivity contribution in [3.05, 3.63) is 24.5 Å². The van der Waals surface area contributed by atoms with E-state index in [1.807, 2.05) is 30.2 Å². The van der Waals surface area contributed by atoms with Crippen molar-refractivity contribution in [3.8, 4) is 11.4 Å². The van der Waals surface area contributed by atoms with E-state index in [4.69, 9.17) is 4.98 Å². The van der Waals surface area contributed by atoms with Gasteiger partial charge >= 0.3 is 0 Å². The van der Waals surface area contributed by atoms with Gasteiger partial charge in [-0.2, -0.15) is 0 Å². The standard InChI is InChI=1S/C20H26N8OS/c1-5-15(20(29)28-7-8-30-13(28)4)25-17-16-19(24-11-23-17)27(6-2)18(26-16)14-9-21-12(3)22-10-14/h9-11,13,15H,5-8H2,1-4H3,(H,23,24,25)/t13?,15-/m0/s1. The predicted molar refractivity (Wildman–Crippen MR) is 118 cm³/mol. The second kappa shape index (κ2) is 8.55. The molecule has 1 saturated heterocycles. The zero-order valence-corrected chi connectivity index (χ0v) is 18.5. The zero-order valence-electron chi connectivity index (χ0n) is 17.7. The Bertz CT molecular complexity index is 1050. The van der Waals surface area contributed by atoms with Crippen LogP contribution in [0, 0.1) is 6.92 Å². The Labute approximate surface area is 179 Å². The molecule has 1 fully saturated rings. The summed E-state index contributed by atoms with van der Waals surface area (Å²) < 4.78 is 2.01. The normalized spacial score (nSPS) is 17.5. The summed E-state index contributed by atoms with van der Waals surface area (Å²) in [6.07, 6.45) is 5.70. The number of carbonyl (C=O) groups excluding carboxylic acids is 1. The molecule has 3 aromatic heterocycles. The average Bonchev–Trinajstić information content (AvgIpc) is 3.35. The van der Waals surface area contributed by atoms with Crippen LogP contribution in [-0.4, -0.2) is 64.0 Å². The molecule has 0 aromatic carbocycles. The van der Waals surface area contributed by atoms with Crippen LogP contribution in [-0.2, 0) is 11.3 Å². The van der Waals surface area contributed by atoms with E-state index in [1.165, 1.54) is 6.33 Å². The Morgan fingerprint density at radius 3 is 2.67 bits per heavy atom. The summed E-state index contributed by atoms with van der Waals surface area (Å²) in [5.74, 6) is 3.09. The lowest BCUT2D eigenvalue weighted by Crippen LogP contribution is -2.44. The summed E-state index contributed by atoms with van der Waals surface area (Å²) in [4.78, 5) is 37.3. The maximum Gasteiger partial charge on any atom is 0.246 e. The van der Waals surface area contributed by atoms with Crippen molar-refractivity contribution in [2.75, 3.05) is 17.6 Å². The van der Waals surface area contributed by atoms with E-state index in [0.717, 1.165) is 29.3 Å². The summed E-state index contributed by atoms with van der Waals surface area (Å²) in [6.45, 7) is 9.44. The van der Waals surface area contributed by atoms with E-state index in [2.05, 4.69) is 32.2 Å². The molecule has 4 heterocycles. The molecule has 1 unspecified atom stereocenters. The van der Waals surface area contributed by atoms with Gasteiger partial charge in [0.15, 0.2) is 17.0 Å². The molecular weight excluding hydrogens is 400 g/mol. The number of carbonyl (C=O) groups is 1. The van der Waals surface area contributed by atoms with Gasteiger partial charge in [0.05, 0.1) is 10.9 Å². The van der Waals surface area contributed by atoms with Crippen molar-refractivity contribution in [1.82, 2.24) is 34.4 Å². The van der Waals surface area contributed by atoms with E-state index in [9.17, 15) is 4.79 Å². The van der Waals surface area contributed by atoms with Gasteiger partial charge in [-0.25, -0.2) is 24.9 Å². The fraction of sp³-hybridized carbons (Fsp3) is 0.500. The summed E-state index contributed by atoms with van der Waals surface area (Å²) in [5, 5.41) is 3.54. The lowest BCUT2D eigenvalue weighted by atomic mass is 10.2. The third-order valence-corrected chi connectivity index (χ3v) is 6.47. The molecule has 0 spiro atoms. The lowest BCUT2D eigenvalue weighted by molar-refractivity contribution is -0.131. The number of nitrogens with one attached hydrogen (secondary N) is 1. The van der Waals surface area contributed by atoms with Crippen molar-refractivity contribution in [2.24, 2.45) is 0 Å². The van der Waals surface area contributed by atoms with E-state index in [1.54, 1.807) is 24.2 Å². The number of amides is 1. The molecule has 1 amide bonds. The van der Waals surface area contributed by atoms with Crippen molar-refractivity contribution in [2.45, 2.75) is 52.1 Å². The largest absolute Gasteiger partial charge is 0.356 e. The van der Waals surface area contributed by atoms with E-state index in [0.29, 0.717) is 30.1 Å². The van der Waals surface area contributed by atoms with Gasteiger partial charge in [-0.05, 0) is 27.2 Å². The van der Waals surface area contributed by atoms with E-state index < -0.39 is 0 Å². The third kappa shape index (κ3) is 3.71. The quantitative estimate of drug-likeness (QED) is 0.642. The third-order valence-electron chi connectivity index (χ3n) is 5.32. The molecule has 0 bridgehead atoms. The molecule has 1 aliphatic heterocycles. The smallest absolute Gasteiger partial charge is 0.246 e. The monoisotopic (exact) mass is 426 g/mol. The molecule has 9 nitrogen and oxygen atoms in total. The fourth-order valence-electron chi connectivity index (χ4n) is 3.66. The Morgan fingerprint density at radius 2 is 2.03 bits per heavy atom. The molecule has 10 heteroatoms. The molecule has 4 rings (SSSR count). The van der Waals surface area contributed by atoms with Crippen molar-refractivity contribution in [1.29, 1.82) is 0 Å². The van der Waals surface area contributed by atoms with E-state index >= 15 is 0 Å². The first kappa shape index (κ1) is 20.5. The average molecular weight is 427 g/mol. The number of anilines is 1. The van der Waals surface area contributed by atoms with Gasteiger partial charge < -0.3 is 14.8 Å². The summed E-state index contributed by atoms with van der Waals surface area (Å²) in [5.41, 5.74) is 2.18. The summed E-state index contributed by atoms with van der Waals surface area (Å²) in [6, 6.07) is -0.359. The highest BCUT2D eigenvalue weighted by molar-refractivity contribution is 8.00. The molecule has 0 saturated carbocycles. The van der Waals surface area contributed by atoms with Crippen LogP contribution >= 0.6 is 11.8 Å². The fourth-order valence-corrected chi connectivity index (χ4v) is 4.69. The van der Waals surface area contributed by atoms with Crippen molar-refractivity contribution in [3.63, 3.8) is 0 Å². The van der Waals surface area contributed by atoms with Gasteiger partial charge in [0, 0.05) is 31.2 Å². The Hall–Kier alpha value is -2.75. The second-order valence-corrected chi connectivity index (χ2v) is 8.62. The number of nitrogens with zero attached hydrogens (tertiary/aromatic N) is 7. The molecule has 158 valence electrons. The Kier molecular flexibility index (Phi) is 5.85. The minimum Gasteiger partial charge on any atom is -0.356 e. The topological polar surface area (TPSA) is 102 Å². The Balaban J connectivity index is 1.70. The first-order valence-electron chi connectivity index (χ1n) is 10.2. The van der Waals surface area contributed by atoms with Gasteiger partial charge in [-0.15, -0.1) is 11.8 Å². The van der Waals surface area contributed by atoms with Crippen molar-refractivity contribution >= 4 is 34.7 Å². The van der Waals surface area contributed by atoms with Crippen molar-refractivity contribution < 1.29 is 4.79 Å². The van der Waals surface area contributed by atoms with Gasteiger partial charge in [0.25, 0.3) is 0 Å². The highest BCUT2D eigenvalue weighted by Gasteiger charge is 2.31. The molecular formula is C20H26N8OS. The van der Waals surface area contributed by atoms with E-state index in [-0.39, 0.29) is 17.3 Å². The van der Waals surface area contributed by atoms with Crippen LogP contribution in [0.15, 0.2) is 18.7 Å². The highest BCUT2D eigenvalue weighted by atomic mass is 32.2. The number of aromatic nitrogens is 6. The maximum atomic E-state index is 13.1. The van der Waals surface area contributed by atoms with Crippen LogP contribution in [0.3, 0.4) is 0 Å². The Morgan fingerprint density at radius 1 is 1.27 bits per heavy atom. The summed E-state index contributed by atoms with van der Waals surface area (Å²) >= 11 is 1.80. The number of aryl methyl sites for hydroxylation is 2. The van der Waals surface area contributed by atoms with Gasteiger partial charge in [-0.3, -0.25) is 4.79 Å². The van der Waals surface area contributed by atoms with Gasteiger partial charge in [-0.1, -0.05) is 6.92 Å². The van der Waals surface area contributed by atoms with Crippen LogP contribution in [0.5, 0.6) is 0 Å². The van der Waals surface area contributed by atoms with Crippen LogP contribution in [0.4, 0.5) is 5.82 Å². The minimum absolute atomic E-state index is 0.101. The number of hydrogen-bond acceptors (Lipinski definition) is 8. The lowest BCUT2D eigenvalue weighted by Gasteiger charge is -2.26. The molecule has 0 radical (unpaired) electrons. The minimum atomic E-state index is -0.359. The van der Waals surface area contributed by atoms with Gasteiger partial charge in [0.1, 0.15) is 24.0 Å². The van der Waals surface area contributed by atoms with Crippen LogP contribution in [0.2, 0.25) is 0 Å². The number of rotatable bonds is 6.